The van der Waals surface area contributed by atoms with Gasteiger partial charge < -0.3 is 0 Å². The maximum atomic E-state index is 12.3. The lowest BCUT2D eigenvalue weighted by atomic mass is 10.2. The second-order valence-electron chi connectivity index (χ2n) is 4.71. The Kier molecular flexibility index (Phi) is 3.16. The van der Waals surface area contributed by atoms with Crippen molar-refractivity contribution in [2.45, 2.75) is 19.3 Å². The van der Waals surface area contributed by atoms with E-state index in [1.54, 1.807) is 12.3 Å². The summed E-state index contributed by atoms with van der Waals surface area (Å²) in [6.45, 7) is 1.18. The molecule has 19 heavy (non-hydrogen) atoms. The molecule has 2 heterocycles. The van der Waals surface area contributed by atoms with E-state index in [-0.39, 0.29) is 0 Å². The first-order valence-corrected chi connectivity index (χ1v) is 7.81. The van der Waals surface area contributed by atoms with Gasteiger partial charge in [0.15, 0.2) is 0 Å². The number of anilines is 1. The van der Waals surface area contributed by atoms with Crippen LogP contribution in [0.3, 0.4) is 0 Å². The summed E-state index contributed by atoms with van der Waals surface area (Å²) in [4.78, 5) is 0. The van der Waals surface area contributed by atoms with Gasteiger partial charge in [-0.15, -0.1) is 0 Å². The Bertz CT molecular complexity index is 674. The Morgan fingerprint density at radius 2 is 2.00 bits per heavy atom. The van der Waals surface area contributed by atoms with Crippen molar-refractivity contribution in [2.24, 2.45) is 0 Å². The second-order valence-corrected chi connectivity index (χ2v) is 6.38. The largest absolute Gasteiger partial charge is 0.301 e. The van der Waals surface area contributed by atoms with Gasteiger partial charge in [0.25, 0.3) is 0 Å². The van der Waals surface area contributed by atoms with E-state index in [1.807, 2.05) is 12.1 Å². The van der Waals surface area contributed by atoms with Crippen molar-refractivity contribution in [2.75, 3.05) is 17.8 Å². The van der Waals surface area contributed by atoms with Crippen LogP contribution in [0.2, 0.25) is 0 Å². The second kappa shape index (κ2) is 4.82. The van der Waals surface area contributed by atoms with Crippen LogP contribution in [0, 0.1) is 0 Å². The number of benzene rings is 1. The zero-order valence-corrected chi connectivity index (χ0v) is 11.3. The molecule has 1 aliphatic rings. The summed E-state index contributed by atoms with van der Waals surface area (Å²) in [5.74, 6) is 0. The van der Waals surface area contributed by atoms with Gasteiger partial charge in [-0.25, -0.2) is 0 Å². The molecule has 1 aliphatic heterocycles. The summed E-state index contributed by atoms with van der Waals surface area (Å²) in [6.07, 6.45) is 4.63. The molecule has 0 atom stereocenters. The monoisotopic (exact) mass is 280 g/mol. The lowest BCUT2D eigenvalue weighted by molar-refractivity contribution is 0.349. The molecule has 2 N–H and O–H groups in total. The molecule has 0 bridgehead atoms. The summed E-state index contributed by atoms with van der Waals surface area (Å²) >= 11 is 0. The van der Waals surface area contributed by atoms with E-state index >= 15 is 0 Å². The SMILES string of the molecule is O=S(=O)(Nc1cccc2cn[nH]c12)N1CCCCC1. The van der Waals surface area contributed by atoms with E-state index in [4.69, 9.17) is 0 Å². The number of aromatic nitrogens is 2. The zero-order valence-electron chi connectivity index (χ0n) is 10.5. The first-order chi connectivity index (χ1) is 9.17. The molecular weight excluding hydrogens is 264 g/mol. The van der Waals surface area contributed by atoms with Gasteiger partial charge in [-0.3, -0.25) is 9.82 Å². The number of nitrogens with one attached hydrogen (secondary N) is 2. The van der Waals surface area contributed by atoms with E-state index in [9.17, 15) is 8.42 Å². The molecule has 2 aromatic rings. The van der Waals surface area contributed by atoms with Gasteiger partial charge in [0, 0.05) is 18.5 Å². The molecule has 0 aliphatic carbocycles. The van der Waals surface area contributed by atoms with Crippen LogP contribution in [0.15, 0.2) is 24.4 Å². The van der Waals surface area contributed by atoms with Crippen LogP contribution in [0.25, 0.3) is 10.9 Å². The third kappa shape index (κ3) is 2.43. The Morgan fingerprint density at radius 3 is 2.79 bits per heavy atom. The summed E-state index contributed by atoms with van der Waals surface area (Å²) < 4.78 is 28.8. The van der Waals surface area contributed by atoms with Gasteiger partial charge in [0.05, 0.1) is 17.4 Å². The molecule has 7 heteroatoms. The minimum Gasteiger partial charge on any atom is -0.276 e. The number of hydrogen-bond acceptors (Lipinski definition) is 3. The fraction of sp³-hybridized carbons (Fsp3) is 0.417. The Balaban J connectivity index is 1.89. The van der Waals surface area contributed by atoms with E-state index in [1.165, 1.54) is 4.31 Å². The number of rotatable bonds is 3. The van der Waals surface area contributed by atoms with Crippen molar-refractivity contribution in [1.29, 1.82) is 0 Å². The Labute approximate surface area is 112 Å². The molecule has 1 aromatic carbocycles. The number of para-hydroxylation sites is 1. The van der Waals surface area contributed by atoms with Crippen molar-refractivity contribution >= 4 is 26.8 Å². The van der Waals surface area contributed by atoms with Crippen LogP contribution in [0.5, 0.6) is 0 Å². The lowest BCUT2D eigenvalue weighted by Gasteiger charge is -2.26. The average Bonchev–Trinajstić information content (AvgIpc) is 2.89. The number of hydrogen-bond donors (Lipinski definition) is 2. The van der Waals surface area contributed by atoms with Crippen LogP contribution in [0.4, 0.5) is 5.69 Å². The number of H-pyrrole nitrogens is 1. The van der Waals surface area contributed by atoms with Crippen molar-refractivity contribution < 1.29 is 8.42 Å². The van der Waals surface area contributed by atoms with Gasteiger partial charge in [-0.2, -0.15) is 17.8 Å². The van der Waals surface area contributed by atoms with E-state index < -0.39 is 10.2 Å². The van der Waals surface area contributed by atoms with Crippen LogP contribution < -0.4 is 4.72 Å². The third-order valence-corrected chi connectivity index (χ3v) is 4.89. The highest BCUT2D eigenvalue weighted by Gasteiger charge is 2.24. The highest BCUT2D eigenvalue weighted by Crippen LogP contribution is 2.23. The van der Waals surface area contributed by atoms with E-state index in [0.717, 1.165) is 24.6 Å². The highest BCUT2D eigenvalue weighted by molar-refractivity contribution is 7.90. The molecule has 0 spiro atoms. The predicted octanol–water partition coefficient (Wildman–Crippen LogP) is 1.71. The van der Waals surface area contributed by atoms with Gasteiger partial charge >= 0.3 is 10.2 Å². The highest BCUT2D eigenvalue weighted by atomic mass is 32.2. The van der Waals surface area contributed by atoms with Crippen LogP contribution in [0.1, 0.15) is 19.3 Å². The van der Waals surface area contributed by atoms with E-state index in [0.29, 0.717) is 24.3 Å². The molecule has 0 amide bonds. The van der Waals surface area contributed by atoms with Crippen molar-refractivity contribution in [3.8, 4) is 0 Å². The maximum absolute atomic E-state index is 12.3. The van der Waals surface area contributed by atoms with Gasteiger partial charge in [-0.05, 0) is 18.9 Å². The molecule has 6 nitrogen and oxygen atoms in total. The molecule has 3 rings (SSSR count). The zero-order chi connectivity index (χ0) is 13.3. The van der Waals surface area contributed by atoms with Gasteiger partial charge in [0.2, 0.25) is 0 Å². The Morgan fingerprint density at radius 1 is 1.21 bits per heavy atom. The normalized spacial score (nSPS) is 17.7. The van der Waals surface area contributed by atoms with Crippen LogP contribution >= 0.6 is 0 Å². The minimum atomic E-state index is -3.47. The number of aromatic amines is 1. The molecule has 0 unspecified atom stereocenters. The Hall–Kier alpha value is -1.60. The molecule has 1 fully saturated rings. The molecule has 0 saturated carbocycles. The van der Waals surface area contributed by atoms with Crippen molar-refractivity contribution in [1.82, 2.24) is 14.5 Å². The third-order valence-electron chi connectivity index (χ3n) is 3.37. The number of nitrogens with zero attached hydrogens (tertiary/aromatic N) is 2. The standard InChI is InChI=1S/C12H16N4O2S/c17-19(18,16-7-2-1-3-8-16)15-11-6-4-5-10-9-13-14-12(10)11/h4-6,9,15H,1-3,7-8H2,(H,13,14). The fourth-order valence-corrected chi connectivity index (χ4v) is 3.68. The quantitative estimate of drug-likeness (QED) is 0.898. The molecule has 0 radical (unpaired) electrons. The topological polar surface area (TPSA) is 78.1 Å². The summed E-state index contributed by atoms with van der Waals surface area (Å²) in [5, 5.41) is 7.64. The number of fused-ring (bicyclic) bond motifs is 1. The first-order valence-electron chi connectivity index (χ1n) is 6.37. The van der Waals surface area contributed by atoms with E-state index in [2.05, 4.69) is 14.9 Å². The number of piperidine rings is 1. The van der Waals surface area contributed by atoms with Gasteiger partial charge in [-0.1, -0.05) is 18.6 Å². The van der Waals surface area contributed by atoms with Gasteiger partial charge in [0.1, 0.15) is 0 Å². The van der Waals surface area contributed by atoms with Crippen molar-refractivity contribution in [3.63, 3.8) is 0 Å². The minimum absolute atomic E-state index is 0.542. The lowest BCUT2D eigenvalue weighted by Crippen LogP contribution is -2.39. The first kappa shape index (κ1) is 12.4. The van der Waals surface area contributed by atoms with Crippen molar-refractivity contribution in [3.05, 3.63) is 24.4 Å². The fourth-order valence-electron chi connectivity index (χ4n) is 2.36. The molecule has 1 aromatic heterocycles. The predicted molar refractivity (Wildman–Crippen MR) is 74.1 cm³/mol. The molecular formula is C12H16N4O2S. The van der Waals surface area contributed by atoms with Crippen LogP contribution in [-0.4, -0.2) is 36.0 Å². The summed E-state index contributed by atoms with van der Waals surface area (Å²) in [6, 6.07) is 5.44. The summed E-state index contributed by atoms with van der Waals surface area (Å²) in [7, 11) is -3.47. The maximum Gasteiger partial charge on any atom is 0.301 e. The van der Waals surface area contributed by atoms with Crippen LogP contribution in [-0.2, 0) is 10.2 Å². The average molecular weight is 280 g/mol. The summed E-state index contributed by atoms with van der Waals surface area (Å²) in [5.41, 5.74) is 1.25. The molecule has 1 saturated heterocycles. The smallest absolute Gasteiger partial charge is 0.276 e. The molecule has 102 valence electrons.